The Morgan fingerprint density at radius 1 is 1.29 bits per heavy atom. The van der Waals surface area contributed by atoms with Gasteiger partial charge in [-0.3, -0.25) is 0 Å². The number of aliphatic hydroxyl groups excluding tert-OH is 1. The highest BCUT2D eigenvalue weighted by Crippen LogP contribution is 2.20. The van der Waals surface area contributed by atoms with Crippen LogP contribution in [-0.4, -0.2) is 23.0 Å². The van der Waals surface area contributed by atoms with Crippen LogP contribution in [0.1, 0.15) is 32.8 Å². The van der Waals surface area contributed by atoms with Crippen molar-refractivity contribution in [2.24, 2.45) is 0 Å². The molecule has 0 aliphatic rings. The molecule has 1 aromatic carbocycles. The second kappa shape index (κ2) is 7.75. The van der Waals surface area contributed by atoms with Crippen molar-refractivity contribution < 1.29 is 5.11 Å². The number of rotatable bonds is 7. The number of nitrogens with one attached hydrogen (secondary N) is 1. The molecule has 0 aliphatic heterocycles. The molecule has 2 N–H and O–H groups in total. The number of thioether (sulfide) groups is 1. The summed E-state index contributed by atoms with van der Waals surface area (Å²) in [4.78, 5) is 1.29. The van der Waals surface area contributed by atoms with Crippen molar-refractivity contribution >= 4 is 11.8 Å². The van der Waals surface area contributed by atoms with E-state index in [4.69, 9.17) is 0 Å². The third-order valence-electron chi connectivity index (χ3n) is 2.42. The molecule has 0 aromatic heterocycles. The summed E-state index contributed by atoms with van der Waals surface area (Å²) in [5.41, 5.74) is 1.32. The first-order valence-corrected chi connectivity index (χ1v) is 7.19. The standard InChI is InChI=1S/C14H23NOS/c1-11(2)15-10-13-5-4-6-14(9-13)17-8-7-12(3)16/h4-6,9,11-12,15-16H,7-8,10H2,1-3H3. The average molecular weight is 253 g/mol. The number of benzene rings is 1. The molecule has 0 amide bonds. The average Bonchev–Trinajstić information content (AvgIpc) is 2.26. The lowest BCUT2D eigenvalue weighted by Crippen LogP contribution is -2.21. The van der Waals surface area contributed by atoms with E-state index in [9.17, 15) is 5.11 Å². The Morgan fingerprint density at radius 2 is 2.06 bits per heavy atom. The fraction of sp³-hybridized carbons (Fsp3) is 0.571. The van der Waals surface area contributed by atoms with Gasteiger partial charge in [0.15, 0.2) is 0 Å². The molecule has 0 aliphatic carbocycles. The lowest BCUT2D eigenvalue weighted by atomic mass is 10.2. The molecule has 0 saturated heterocycles. The molecule has 0 spiro atoms. The predicted molar refractivity (Wildman–Crippen MR) is 75.4 cm³/mol. The summed E-state index contributed by atoms with van der Waals surface area (Å²) in [6, 6.07) is 9.12. The first kappa shape index (κ1) is 14.6. The third kappa shape index (κ3) is 6.71. The van der Waals surface area contributed by atoms with Crippen molar-refractivity contribution in [1.29, 1.82) is 0 Å². The van der Waals surface area contributed by atoms with Crippen LogP contribution in [-0.2, 0) is 6.54 Å². The van der Waals surface area contributed by atoms with Crippen molar-refractivity contribution in [3.05, 3.63) is 29.8 Å². The number of hydrogen-bond donors (Lipinski definition) is 2. The van der Waals surface area contributed by atoms with Gasteiger partial charge in [-0.05, 0) is 31.0 Å². The molecule has 1 unspecified atom stereocenters. The highest BCUT2D eigenvalue weighted by molar-refractivity contribution is 7.99. The molecule has 1 atom stereocenters. The summed E-state index contributed by atoms with van der Waals surface area (Å²) in [5.74, 6) is 0.971. The Balaban J connectivity index is 2.42. The van der Waals surface area contributed by atoms with Gasteiger partial charge in [0.05, 0.1) is 6.10 Å². The molecular weight excluding hydrogens is 230 g/mol. The smallest absolute Gasteiger partial charge is 0.0520 e. The molecule has 0 bridgehead atoms. The summed E-state index contributed by atoms with van der Waals surface area (Å²) < 4.78 is 0. The van der Waals surface area contributed by atoms with Crippen molar-refractivity contribution in [1.82, 2.24) is 5.32 Å². The molecule has 1 aromatic rings. The fourth-order valence-corrected chi connectivity index (χ4v) is 2.52. The van der Waals surface area contributed by atoms with E-state index in [1.807, 2.05) is 18.7 Å². The van der Waals surface area contributed by atoms with Gasteiger partial charge in [0.25, 0.3) is 0 Å². The van der Waals surface area contributed by atoms with Crippen LogP contribution in [0.4, 0.5) is 0 Å². The Bertz CT molecular complexity index is 326. The van der Waals surface area contributed by atoms with Gasteiger partial charge < -0.3 is 10.4 Å². The predicted octanol–water partition coefficient (Wildman–Crippen LogP) is 3.05. The molecule has 0 saturated carbocycles. The van der Waals surface area contributed by atoms with Gasteiger partial charge in [0, 0.05) is 23.2 Å². The zero-order valence-corrected chi connectivity index (χ0v) is 11.8. The second-order valence-electron chi connectivity index (χ2n) is 4.67. The van der Waals surface area contributed by atoms with E-state index in [2.05, 4.69) is 43.4 Å². The van der Waals surface area contributed by atoms with Gasteiger partial charge in [0.2, 0.25) is 0 Å². The van der Waals surface area contributed by atoms with Crippen molar-refractivity contribution in [2.45, 2.75) is 50.8 Å². The molecular formula is C14H23NOS. The van der Waals surface area contributed by atoms with Crippen LogP contribution in [0.15, 0.2) is 29.2 Å². The minimum absolute atomic E-state index is 0.201. The van der Waals surface area contributed by atoms with E-state index in [1.165, 1.54) is 10.5 Å². The summed E-state index contributed by atoms with van der Waals surface area (Å²) in [7, 11) is 0. The zero-order chi connectivity index (χ0) is 12.7. The van der Waals surface area contributed by atoms with Gasteiger partial charge in [-0.15, -0.1) is 11.8 Å². The van der Waals surface area contributed by atoms with Crippen LogP contribution in [0.25, 0.3) is 0 Å². The van der Waals surface area contributed by atoms with E-state index >= 15 is 0 Å². The zero-order valence-electron chi connectivity index (χ0n) is 10.9. The van der Waals surface area contributed by atoms with Crippen LogP contribution < -0.4 is 5.32 Å². The Morgan fingerprint density at radius 3 is 2.71 bits per heavy atom. The van der Waals surface area contributed by atoms with Crippen molar-refractivity contribution in [3.63, 3.8) is 0 Å². The Labute approximate surface area is 109 Å². The minimum Gasteiger partial charge on any atom is -0.393 e. The Hall–Kier alpha value is -0.510. The monoisotopic (exact) mass is 253 g/mol. The molecule has 1 rings (SSSR count). The lowest BCUT2D eigenvalue weighted by Gasteiger charge is -2.09. The third-order valence-corrected chi connectivity index (χ3v) is 3.44. The molecule has 17 heavy (non-hydrogen) atoms. The van der Waals surface area contributed by atoms with E-state index in [0.717, 1.165) is 18.7 Å². The number of hydrogen-bond acceptors (Lipinski definition) is 3. The largest absolute Gasteiger partial charge is 0.393 e. The highest BCUT2D eigenvalue weighted by Gasteiger charge is 2.00. The quantitative estimate of drug-likeness (QED) is 0.733. The van der Waals surface area contributed by atoms with Gasteiger partial charge in [-0.2, -0.15) is 0 Å². The first-order chi connectivity index (χ1) is 8.08. The van der Waals surface area contributed by atoms with Gasteiger partial charge in [-0.1, -0.05) is 26.0 Å². The van der Waals surface area contributed by atoms with Crippen molar-refractivity contribution in [3.8, 4) is 0 Å². The van der Waals surface area contributed by atoms with Crippen LogP contribution >= 0.6 is 11.8 Å². The first-order valence-electron chi connectivity index (χ1n) is 6.21. The maximum Gasteiger partial charge on any atom is 0.0520 e. The molecule has 96 valence electrons. The molecule has 2 nitrogen and oxygen atoms in total. The summed E-state index contributed by atoms with van der Waals surface area (Å²) in [6.45, 7) is 7.06. The van der Waals surface area contributed by atoms with Crippen LogP contribution in [0.5, 0.6) is 0 Å². The number of aliphatic hydroxyl groups is 1. The van der Waals surface area contributed by atoms with Gasteiger partial charge >= 0.3 is 0 Å². The van der Waals surface area contributed by atoms with E-state index in [-0.39, 0.29) is 6.10 Å². The second-order valence-corrected chi connectivity index (χ2v) is 5.84. The summed E-state index contributed by atoms with van der Waals surface area (Å²) in [6.07, 6.45) is 0.646. The van der Waals surface area contributed by atoms with Gasteiger partial charge in [-0.25, -0.2) is 0 Å². The van der Waals surface area contributed by atoms with E-state index < -0.39 is 0 Å². The van der Waals surface area contributed by atoms with Crippen LogP contribution in [0, 0.1) is 0 Å². The SMILES string of the molecule is CC(O)CCSc1cccc(CNC(C)C)c1. The summed E-state index contributed by atoms with van der Waals surface area (Å²) in [5, 5.41) is 12.6. The van der Waals surface area contributed by atoms with Crippen molar-refractivity contribution in [2.75, 3.05) is 5.75 Å². The van der Waals surface area contributed by atoms with Gasteiger partial charge in [0.1, 0.15) is 0 Å². The fourth-order valence-electron chi connectivity index (χ4n) is 1.41. The maximum atomic E-state index is 9.21. The molecule has 0 radical (unpaired) electrons. The lowest BCUT2D eigenvalue weighted by molar-refractivity contribution is 0.192. The van der Waals surface area contributed by atoms with Crippen LogP contribution in [0.3, 0.4) is 0 Å². The van der Waals surface area contributed by atoms with E-state index in [1.54, 1.807) is 0 Å². The molecule has 0 fully saturated rings. The Kier molecular flexibility index (Phi) is 6.63. The molecule has 3 heteroatoms. The van der Waals surface area contributed by atoms with E-state index in [0.29, 0.717) is 6.04 Å². The molecule has 0 heterocycles. The minimum atomic E-state index is -0.201. The summed E-state index contributed by atoms with van der Waals surface area (Å²) >= 11 is 1.81. The highest BCUT2D eigenvalue weighted by atomic mass is 32.2. The maximum absolute atomic E-state index is 9.21. The normalized spacial score (nSPS) is 13.0. The van der Waals surface area contributed by atoms with Crippen LogP contribution in [0.2, 0.25) is 0 Å². The topological polar surface area (TPSA) is 32.3 Å².